The van der Waals surface area contributed by atoms with E-state index in [1.54, 1.807) is 6.08 Å². The number of nitriles is 2. The summed E-state index contributed by atoms with van der Waals surface area (Å²) < 4.78 is 1.95. The molecular weight excluding hydrogens is 355 g/mol. The lowest BCUT2D eigenvalue weighted by atomic mass is 10.1. The highest BCUT2D eigenvalue weighted by Gasteiger charge is 2.01. The van der Waals surface area contributed by atoms with Gasteiger partial charge in [0.1, 0.15) is 17.7 Å². The average Bonchev–Trinajstić information content (AvgIpc) is 2.20. The van der Waals surface area contributed by atoms with E-state index in [0.29, 0.717) is 0 Å². The molecule has 1 aromatic carbocycles. The van der Waals surface area contributed by atoms with Gasteiger partial charge in [0.25, 0.3) is 0 Å². The fourth-order valence-corrected chi connectivity index (χ4v) is 1.77. The number of hydrogen-bond acceptors (Lipinski definition) is 2. The van der Waals surface area contributed by atoms with Crippen LogP contribution in [0.15, 0.2) is 28.2 Å². The molecule has 0 atom stereocenters. The van der Waals surface area contributed by atoms with Crippen LogP contribution in [0, 0.1) is 26.2 Å². The molecule has 0 unspecified atom stereocenters. The molecule has 0 aliphatic carbocycles. The SMILES string of the molecule is N#CC(C#N)=Cc1cccc(Br)c1I. The van der Waals surface area contributed by atoms with Gasteiger partial charge >= 0.3 is 0 Å². The lowest BCUT2D eigenvalue weighted by Crippen LogP contribution is -1.82. The van der Waals surface area contributed by atoms with Crippen molar-refractivity contribution >= 4 is 44.6 Å². The van der Waals surface area contributed by atoms with Gasteiger partial charge in [0, 0.05) is 8.04 Å². The summed E-state index contributed by atoms with van der Waals surface area (Å²) in [7, 11) is 0. The van der Waals surface area contributed by atoms with Crippen LogP contribution in [0.5, 0.6) is 0 Å². The first kappa shape index (κ1) is 11.2. The van der Waals surface area contributed by atoms with Crippen LogP contribution < -0.4 is 0 Å². The summed E-state index contributed by atoms with van der Waals surface area (Å²) in [5.74, 6) is 0. The van der Waals surface area contributed by atoms with Gasteiger partial charge in [-0.25, -0.2) is 0 Å². The molecule has 0 saturated carbocycles. The van der Waals surface area contributed by atoms with Crippen LogP contribution in [0.3, 0.4) is 0 Å². The molecule has 0 aliphatic rings. The largest absolute Gasteiger partial charge is 0.192 e. The Hall–Kier alpha value is -0.850. The minimum atomic E-state index is 0.112. The van der Waals surface area contributed by atoms with Gasteiger partial charge in [-0.05, 0) is 56.2 Å². The van der Waals surface area contributed by atoms with E-state index in [4.69, 9.17) is 10.5 Å². The zero-order chi connectivity index (χ0) is 10.6. The first-order chi connectivity index (χ1) is 6.69. The monoisotopic (exact) mass is 358 g/mol. The maximum atomic E-state index is 8.59. The van der Waals surface area contributed by atoms with E-state index in [0.717, 1.165) is 13.6 Å². The van der Waals surface area contributed by atoms with E-state index >= 15 is 0 Å². The molecule has 4 heteroatoms. The molecule has 0 spiro atoms. The second-order valence-electron chi connectivity index (χ2n) is 2.42. The second-order valence-corrected chi connectivity index (χ2v) is 4.36. The van der Waals surface area contributed by atoms with E-state index in [1.165, 1.54) is 0 Å². The van der Waals surface area contributed by atoms with Crippen molar-refractivity contribution in [1.82, 2.24) is 0 Å². The predicted molar refractivity (Wildman–Crippen MR) is 66.1 cm³/mol. The van der Waals surface area contributed by atoms with Gasteiger partial charge < -0.3 is 0 Å². The fraction of sp³-hybridized carbons (Fsp3) is 0. The Balaban J connectivity index is 3.24. The Morgan fingerprint density at radius 1 is 1.36 bits per heavy atom. The van der Waals surface area contributed by atoms with Crippen LogP contribution >= 0.6 is 38.5 Å². The maximum Gasteiger partial charge on any atom is 0.130 e. The van der Waals surface area contributed by atoms with Crippen LogP contribution in [0.4, 0.5) is 0 Å². The maximum absolute atomic E-state index is 8.59. The Bertz CT molecular complexity index is 450. The zero-order valence-corrected chi connectivity index (χ0v) is 10.7. The number of allylic oxidation sites excluding steroid dienone is 1. The summed E-state index contributed by atoms with van der Waals surface area (Å²) in [5.41, 5.74) is 0.985. The number of hydrogen-bond donors (Lipinski definition) is 0. The molecule has 2 nitrogen and oxygen atoms in total. The third-order valence-electron chi connectivity index (χ3n) is 1.52. The number of nitrogens with zero attached hydrogens (tertiary/aromatic N) is 2. The van der Waals surface area contributed by atoms with Gasteiger partial charge in [0.2, 0.25) is 0 Å². The first-order valence-corrected chi connectivity index (χ1v) is 5.52. The molecule has 68 valence electrons. The van der Waals surface area contributed by atoms with E-state index in [1.807, 2.05) is 30.3 Å². The van der Waals surface area contributed by atoms with Crippen molar-refractivity contribution in [1.29, 1.82) is 10.5 Å². The van der Waals surface area contributed by atoms with Gasteiger partial charge in [-0.15, -0.1) is 0 Å². The topological polar surface area (TPSA) is 47.6 Å². The molecule has 1 aromatic rings. The molecule has 0 radical (unpaired) electrons. The van der Waals surface area contributed by atoms with Crippen LogP contribution in [0.25, 0.3) is 6.08 Å². The van der Waals surface area contributed by atoms with Crippen LogP contribution in [0.2, 0.25) is 0 Å². The Labute approximate surface area is 104 Å². The minimum absolute atomic E-state index is 0.112. The third kappa shape index (κ3) is 2.57. The van der Waals surface area contributed by atoms with Crippen molar-refractivity contribution < 1.29 is 0 Å². The van der Waals surface area contributed by atoms with Crippen molar-refractivity contribution in [2.24, 2.45) is 0 Å². The third-order valence-corrected chi connectivity index (χ3v) is 4.13. The van der Waals surface area contributed by atoms with Crippen molar-refractivity contribution in [3.63, 3.8) is 0 Å². The molecular formula is C10H4BrIN2. The first-order valence-electron chi connectivity index (χ1n) is 3.65. The minimum Gasteiger partial charge on any atom is -0.192 e. The molecule has 0 amide bonds. The zero-order valence-electron chi connectivity index (χ0n) is 6.96. The molecule has 14 heavy (non-hydrogen) atoms. The van der Waals surface area contributed by atoms with Crippen LogP contribution in [-0.4, -0.2) is 0 Å². The molecule has 0 fully saturated rings. The molecule has 0 aromatic heterocycles. The summed E-state index contributed by atoms with van der Waals surface area (Å²) in [6.07, 6.45) is 1.58. The van der Waals surface area contributed by atoms with E-state index in [-0.39, 0.29) is 5.57 Å². The van der Waals surface area contributed by atoms with E-state index in [9.17, 15) is 0 Å². The molecule has 1 rings (SSSR count). The number of benzene rings is 1. The molecule has 0 saturated heterocycles. The van der Waals surface area contributed by atoms with Gasteiger partial charge in [-0.2, -0.15) is 10.5 Å². The van der Waals surface area contributed by atoms with Crippen molar-refractivity contribution in [3.8, 4) is 12.1 Å². The highest BCUT2D eigenvalue weighted by molar-refractivity contribution is 14.1. The average molecular weight is 359 g/mol. The lowest BCUT2D eigenvalue weighted by molar-refractivity contribution is 1.46. The molecule has 0 aliphatic heterocycles. The fourth-order valence-electron chi connectivity index (χ4n) is 0.877. The molecule has 0 bridgehead atoms. The lowest BCUT2D eigenvalue weighted by Gasteiger charge is -1.99. The van der Waals surface area contributed by atoms with Gasteiger partial charge in [0.15, 0.2) is 0 Å². The number of rotatable bonds is 1. The normalized spacial score (nSPS) is 8.57. The Morgan fingerprint density at radius 3 is 2.57 bits per heavy atom. The summed E-state index contributed by atoms with van der Waals surface area (Å²) in [5, 5.41) is 17.2. The van der Waals surface area contributed by atoms with Crippen LogP contribution in [-0.2, 0) is 0 Å². The van der Waals surface area contributed by atoms with Gasteiger partial charge in [-0.3, -0.25) is 0 Å². The quantitative estimate of drug-likeness (QED) is 0.570. The summed E-state index contributed by atoms with van der Waals surface area (Å²) >= 11 is 5.54. The van der Waals surface area contributed by atoms with Crippen LogP contribution in [0.1, 0.15) is 5.56 Å². The second kappa shape index (κ2) is 5.14. The Kier molecular flexibility index (Phi) is 4.12. The summed E-state index contributed by atoms with van der Waals surface area (Å²) in [6.45, 7) is 0. The number of halogens is 2. The summed E-state index contributed by atoms with van der Waals surface area (Å²) in [4.78, 5) is 0. The molecule has 0 N–H and O–H groups in total. The molecule has 0 heterocycles. The standard InChI is InChI=1S/C10H4BrIN2/c11-9-3-1-2-8(10(9)12)4-7(5-13)6-14/h1-4H. The van der Waals surface area contributed by atoms with E-state index < -0.39 is 0 Å². The van der Waals surface area contributed by atoms with Gasteiger partial charge in [-0.1, -0.05) is 12.1 Å². The van der Waals surface area contributed by atoms with Crippen molar-refractivity contribution in [3.05, 3.63) is 37.4 Å². The van der Waals surface area contributed by atoms with Crippen molar-refractivity contribution in [2.75, 3.05) is 0 Å². The summed E-state index contributed by atoms with van der Waals surface area (Å²) in [6, 6.07) is 9.30. The van der Waals surface area contributed by atoms with Gasteiger partial charge in [0.05, 0.1) is 0 Å². The Morgan fingerprint density at radius 2 is 2.00 bits per heavy atom. The smallest absolute Gasteiger partial charge is 0.130 e. The highest BCUT2D eigenvalue weighted by atomic mass is 127. The predicted octanol–water partition coefficient (Wildman–Crippen LogP) is 3.48. The van der Waals surface area contributed by atoms with Crippen molar-refractivity contribution in [2.45, 2.75) is 0 Å². The highest BCUT2D eigenvalue weighted by Crippen LogP contribution is 2.24. The van der Waals surface area contributed by atoms with E-state index in [2.05, 4.69) is 38.5 Å².